The highest BCUT2D eigenvalue weighted by Crippen LogP contribution is 2.38. The second kappa shape index (κ2) is 8.63. The third kappa shape index (κ3) is 4.24. The highest BCUT2D eigenvalue weighted by Gasteiger charge is 2.30. The molecule has 0 amide bonds. The van der Waals surface area contributed by atoms with Gasteiger partial charge in [-0.25, -0.2) is 9.67 Å². The summed E-state index contributed by atoms with van der Waals surface area (Å²) in [5.41, 5.74) is 15.6. The van der Waals surface area contributed by atoms with Gasteiger partial charge in [0.05, 0.1) is 23.6 Å². The van der Waals surface area contributed by atoms with Crippen LogP contribution in [0.3, 0.4) is 0 Å². The Morgan fingerprint density at radius 1 is 0.971 bits per heavy atom. The number of hydrogen-bond acceptors (Lipinski definition) is 5. The highest BCUT2D eigenvalue weighted by molar-refractivity contribution is 5.71. The number of pyridine rings is 1. The maximum absolute atomic E-state index is 9.79. The number of benzene rings is 2. The largest absolute Gasteiger partial charge is 0.375 e. The summed E-state index contributed by atoms with van der Waals surface area (Å²) in [7, 11) is 0. The molecule has 3 N–H and O–H groups in total. The molecule has 0 aliphatic carbocycles. The first kappa shape index (κ1) is 23.3. The molecule has 0 saturated heterocycles. The fourth-order valence-corrected chi connectivity index (χ4v) is 4.87. The Balaban J connectivity index is 1.62. The van der Waals surface area contributed by atoms with Gasteiger partial charge < -0.3 is 15.7 Å². The topological polar surface area (TPSA) is 80.2 Å². The number of hydrogen-bond donors (Lipinski definition) is 2. The molecule has 4 aromatic rings. The van der Waals surface area contributed by atoms with Gasteiger partial charge in [-0.05, 0) is 53.6 Å². The van der Waals surface area contributed by atoms with E-state index in [9.17, 15) is 5.11 Å². The molecule has 6 heteroatoms. The normalized spacial score (nSPS) is 14.3. The van der Waals surface area contributed by atoms with Crippen LogP contribution >= 0.6 is 0 Å². The van der Waals surface area contributed by atoms with Crippen LogP contribution in [0.25, 0.3) is 16.9 Å². The molecule has 3 heterocycles. The summed E-state index contributed by atoms with van der Waals surface area (Å²) < 4.78 is 2.10. The van der Waals surface area contributed by atoms with Gasteiger partial charge in [-0.3, -0.25) is 0 Å². The summed E-state index contributed by atoms with van der Waals surface area (Å²) in [6.45, 7) is 12.4. The Kier molecular flexibility index (Phi) is 5.74. The standard InChI is InChI=1S/C29H33N5O/c1-18-7-6-8-19(2)26(18)34-27(20-9-11-21(12-10-20)28(30)35)23-16-33(17-24(23)32-34)25-15-22(13-14-31-25)29(3,4)5/h6-15,28,35H,16-17,30H2,1-5H3. The van der Waals surface area contributed by atoms with Crippen molar-refractivity contribution in [3.05, 3.63) is 94.3 Å². The van der Waals surface area contributed by atoms with Crippen LogP contribution in [-0.4, -0.2) is 19.9 Å². The average Bonchev–Trinajstić information content (AvgIpc) is 3.37. The van der Waals surface area contributed by atoms with Crippen molar-refractivity contribution in [2.75, 3.05) is 4.90 Å². The van der Waals surface area contributed by atoms with Crippen LogP contribution in [0.5, 0.6) is 0 Å². The maximum Gasteiger partial charge on any atom is 0.129 e. The Labute approximate surface area is 207 Å². The molecular weight excluding hydrogens is 434 g/mol. The lowest BCUT2D eigenvalue weighted by Gasteiger charge is -2.23. The minimum Gasteiger partial charge on any atom is -0.375 e. The second-order valence-electron chi connectivity index (χ2n) is 10.5. The molecule has 1 aliphatic rings. The first-order valence-electron chi connectivity index (χ1n) is 12.1. The number of nitrogens with two attached hydrogens (primary N) is 1. The van der Waals surface area contributed by atoms with Gasteiger partial charge >= 0.3 is 0 Å². The van der Waals surface area contributed by atoms with Crippen LogP contribution in [0.1, 0.15) is 60.5 Å². The van der Waals surface area contributed by atoms with E-state index < -0.39 is 6.23 Å². The Hall–Kier alpha value is -3.48. The third-order valence-corrected chi connectivity index (χ3v) is 6.87. The van der Waals surface area contributed by atoms with E-state index in [4.69, 9.17) is 10.8 Å². The summed E-state index contributed by atoms with van der Waals surface area (Å²) in [5, 5.41) is 14.9. The molecule has 0 saturated carbocycles. The quantitative estimate of drug-likeness (QED) is 0.397. The number of fused-ring (bicyclic) bond motifs is 1. The average molecular weight is 468 g/mol. The highest BCUT2D eigenvalue weighted by atomic mass is 16.3. The van der Waals surface area contributed by atoms with Crippen LogP contribution in [0.2, 0.25) is 0 Å². The molecule has 2 aromatic carbocycles. The first-order chi connectivity index (χ1) is 16.6. The predicted octanol–water partition coefficient (Wildman–Crippen LogP) is 5.32. The number of aromatic nitrogens is 3. The smallest absolute Gasteiger partial charge is 0.129 e. The Morgan fingerprint density at radius 3 is 2.29 bits per heavy atom. The van der Waals surface area contributed by atoms with Crippen molar-refractivity contribution in [3.63, 3.8) is 0 Å². The van der Waals surface area contributed by atoms with E-state index in [1.807, 2.05) is 30.5 Å². The van der Waals surface area contributed by atoms with E-state index in [1.54, 1.807) is 0 Å². The van der Waals surface area contributed by atoms with E-state index in [0.717, 1.165) is 35.0 Å². The molecule has 1 aliphatic heterocycles. The first-order valence-corrected chi connectivity index (χ1v) is 12.1. The number of nitrogens with zero attached hydrogens (tertiary/aromatic N) is 4. The van der Waals surface area contributed by atoms with Gasteiger partial charge in [0, 0.05) is 23.9 Å². The molecular formula is C29H33N5O. The number of aryl methyl sites for hydroxylation is 2. The summed E-state index contributed by atoms with van der Waals surface area (Å²) >= 11 is 0. The van der Waals surface area contributed by atoms with Crippen molar-refractivity contribution in [1.29, 1.82) is 0 Å². The maximum atomic E-state index is 9.79. The van der Waals surface area contributed by atoms with Crippen LogP contribution in [0, 0.1) is 13.8 Å². The van der Waals surface area contributed by atoms with Gasteiger partial charge in [-0.1, -0.05) is 63.2 Å². The van der Waals surface area contributed by atoms with E-state index in [-0.39, 0.29) is 5.41 Å². The van der Waals surface area contributed by atoms with Crippen LogP contribution in [-0.2, 0) is 18.5 Å². The molecule has 0 radical (unpaired) electrons. The minimum absolute atomic E-state index is 0.0592. The van der Waals surface area contributed by atoms with Crippen molar-refractivity contribution < 1.29 is 5.11 Å². The molecule has 0 bridgehead atoms. The zero-order valence-corrected chi connectivity index (χ0v) is 21.1. The lowest BCUT2D eigenvalue weighted by atomic mass is 9.88. The number of anilines is 1. The molecule has 6 nitrogen and oxygen atoms in total. The van der Waals surface area contributed by atoms with E-state index in [1.165, 1.54) is 22.3 Å². The molecule has 0 spiro atoms. The lowest BCUT2D eigenvalue weighted by Crippen LogP contribution is -2.20. The van der Waals surface area contributed by atoms with Gasteiger partial charge in [0.2, 0.25) is 0 Å². The van der Waals surface area contributed by atoms with Crippen LogP contribution < -0.4 is 10.6 Å². The molecule has 1 unspecified atom stereocenters. The summed E-state index contributed by atoms with van der Waals surface area (Å²) in [4.78, 5) is 6.98. The fraction of sp³-hybridized carbons (Fsp3) is 0.310. The molecule has 2 aromatic heterocycles. The van der Waals surface area contributed by atoms with Gasteiger partial charge in [0.1, 0.15) is 12.0 Å². The lowest BCUT2D eigenvalue weighted by molar-refractivity contribution is 0.186. The summed E-state index contributed by atoms with van der Waals surface area (Å²) in [5.74, 6) is 0.974. The van der Waals surface area contributed by atoms with E-state index in [2.05, 4.69) is 79.5 Å². The fourth-order valence-electron chi connectivity index (χ4n) is 4.87. The predicted molar refractivity (Wildman–Crippen MR) is 140 cm³/mol. The number of rotatable bonds is 4. The SMILES string of the molecule is Cc1cccc(C)c1-n1nc2c(c1-c1ccc(C(N)O)cc1)CN(c1cc(C(C)(C)C)ccn1)C2. The monoisotopic (exact) mass is 467 g/mol. The van der Waals surface area contributed by atoms with E-state index >= 15 is 0 Å². The number of aliphatic hydroxyl groups excluding tert-OH is 1. The van der Waals surface area contributed by atoms with Crippen molar-refractivity contribution in [2.24, 2.45) is 5.73 Å². The Bertz CT molecular complexity index is 1360. The third-order valence-electron chi connectivity index (χ3n) is 6.87. The summed E-state index contributed by atoms with van der Waals surface area (Å²) in [6, 6.07) is 18.4. The number of aliphatic hydroxyl groups is 1. The molecule has 5 rings (SSSR count). The zero-order valence-electron chi connectivity index (χ0n) is 21.1. The van der Waals surface area contributed by atoms with Crippen molar-refractivity contribution >= 4 is 5.82 Å². The van der Waals surface area contributed by atoms with Gasteiger partial charge in [-0.2, -0.15) is 5.10 Å². The second-order valence-corrected chi connectivity index (χ2v) is 10.5. The molecule has 180 valence electrons. The van der Waals surface area contributed by atoms with Gasteiger partial charge in [0.15, 0.2) is 0 Å². The Morgan fingerprint density at radius 2 is 1.66 bits per heavy atom. The van der Waals surface area contributed by atoms with Crippen LogP contribution in [0.4, 0.5) is 5.82 Å². The summed E-state index contributed by atoms with van der Waals surface area (Å²) in [6.07, 6.45) is 0.913. The van der Waals surface area contributed by atoms with Gasteiger partial charge in [0.25, 0.3) is 0 Å². The van der Waals surface area contributed by atoms with E-state index in [0.29, 0.717) is 12.1 Å². The zero-order chi connectivity index (χ0) is 24.9. The molecule has 0 fully saturated rings. The van der Waals surface area contributed by atoms with Crippen molar-refractivity contribution in [2.45, 2.75) is 59.4 Å². The van der Waals surface area contributed by atoms with Crippen LogP contribution in [0.15, 0.2) is 60.8 Å². The van der Waals surface area contributed by atoms with Gasteiger partial charge in [-0.15, -0.1) is 0 Å². The number of para-hydroxylation sites is 1. The van der Waals surface area contributed by atoms with Crippen molar-refractivity contribution in [3.8, 4) is 16.9 Å². The minimum atomic E-state index is -0.991. The molecule has 1 atom stereocenters. The molecule has 35 heavy (non-hydrogen) atoms. The van der Waals surface area contributed by atoms with Crippen molar-refractivity contribution in [1.82, 2.24) is 14.8 Å².